The molecular weight excluding hydrogens is 557 g/mol. The summed E-state index contributed by atoms with van der Waals surface area (Å²) < 4.78 is 21.4. The third-order valence-corrected chi connectivity index (χ3v) is 6.59. The molecule has 0 spiro atoms. The first-order valence-electron chi connectivity index (χ1n) is 14.1. The molecule has 0 unspecified atom stereocenters. The van der Waals surface area contributed by atoms with Crippen LogP contribution in [0.15, 0.2) is 35.3 Å². The smallest absolute Gasteiger partial charge is 0.410 e. The summed E-state index contributed by atoms with van der Waals surface area (Å²) in [7, 11) is 6.21. The van der Waals surface area contributed by atoms with Gasteiger partial charge in [0.15, 0.2) is 11.9 Å². The van der Waals surface area contributed by atoms with Crippen LogP contribution in [0.4, 0.5) is 14.9 Å². The van der Waals surface area contributed by atoms with Crippen molar-refractivity contribution < 1.29 is 23.5 Å². The van der Waals surface area contributed by atoms with Gasteiger partial charge in [0.05, 0.1) is 24.0 Å². The summed E-state index contributed by atoms with van der Waals surface area (Å²) in [5.41, 5.74) is 1.50. The van der Waals surface area contributed by atoms with Crippen LogP contribution in [0.3, 0.4) is 0 Å². The second-order valence-corrected chi connectivity index (χ2v) is 11.0. The number of aryl methyl sites for hydroxylation is 1. The Morgan fingerprint density at radius 3 is 2.51 bits per heavy atom. The van der Waals surface area contributed by atoms with E-state index in [0.29, 0.717) is 41.5 Å². The molecule has 12 nitrogen and oxygen atoms in total. The minimum absolute atomic E-state index is 0.00466. The summed E-state index contributed by atoms with van der Waals surface area (Å²) in [6.45, 7) is 5.97. The number of ether oxygens (including phenoxy) is 1. The van der Waals surface area contributed by atoms with Gasteiger partial charge >= 0.3 is 6.09 Å². The van der Waals surface area contributed by atoms with Gasteiger partial charge < -0.3 is 29.4 Å². The number of carbonyl (C=O) groups excluding carboxylic acids is 3. The van der Waals surface area contributed by atoms with Crippen LogP contribution in [-0.2, 0) is 33.7 Å². The van der Waals surface area contributed by atoms with Gasteiger partial charge in [0.1, 0.15) is 17.0 Å². The molecule has 13 heteroatoms. The number of hydrogen-bond donors (Lipinski definition) is 2. The van der Waals surface area contributed by atoms with Crippen LogP contribution in [0.5, 0.6) is 0 Å². The van der Waals surface area contributed by atoms with Crippen molar-refractivity contribution in [3.05, 3.63) is 63.9 Å². The average molecular weight is 598 g/mol. The maximum absolute atomic E-state index is 14.6. The fourth-order valence-electron chi connectivity index (χ4n) is 4.29. The highest BCUT2D eigenvalue weighted by molar-refractivity contribution is 5.95. The summed E-state index contributed by atoms with van der Waals surface area (Å²) in [6.07, 6.45) is 3.66. The molecular formula is C30H40FN7O5. The van der Waals surface area contributed by atoms with E-state index in [2.05, 4.69) is 20.3 Å². The first-order chi connectivity index (χ1) is 20.3. The third kappa shape index (κ3) is 8.49. The van der Waals surface area contributed by atoms with Gasteiger partial charge in [-0.05, 0) is 49.8 Å². The normalized spacial score (nSPS) is 12.1. The molecule has 0 fully saturated rings. The Hall–Kier alpha value is -4.55. The van der Waals surface area contributed by atoms with Crippen molar-refractivity contribution in [1.82, 2.24) is 29.3 Å². The third-order valence-electron chi connectivity index (χ3n) is 6.59. The molecule has 0 aliphatic carbocycles. The number of nitrogens with one attached hydrogen (secondary N) is 2. The van der Waals surface area contributed by atoms with Crippen LogP contribution in [0.2, 0.25) is 0 Å². The lowest BCUT2D eigenvalue weighted by Crippen LogP contribution is -2.38. The van der Waals surface area contributed by atoms with E-state index in [4.69, 9.17) is 4.74 Å². The molecule has 2 N–H and O–H groups in total. The number of likely N-dealkylation sites (N-methyl/N-ethyl adjacent to an activating group) is 1. The molecule has 3 amide bonds. The molecule has 0 aliphatic heterocycles. The lowest BCUT2D eigenvalue weighted by molar-refractivity contribution is -0.125. The number of anilines is 1. The van der Waals surface area contributed by atoms with E-state index < -0.39 is 29.5 Å². The SMILES string of the molecule is CCc1ccc(NC(=O)[C@H](CC/C=C/C(=O)N(C)C)OC(=O)N(C)C)c(=O)n1Cc1nc2c(F)cnc(CC(C)C)c2[nH]1. The molecule has 0 radical (unpaired) electrons. The highest BCUT2D eigenvalue weighted by Gasteiger charge is 2.25. The van der Waals surface area contributed by atoms with E-state index in [-0.39, 0.29) is 36.5 Å². The molecule has 0 aromatic carbocycles. The van der Waals surface area contributed by atoms with Gasteiger partial charge in [-0.2, -0.15) is 0 Å². The number of fused-ring (bicyclic) bond motifs is 1. The van der Waals surface area contributed by atoms with Gasteiger partial charge in [-0.3, -0.25) is 19.4 Å². The van der Waals surface area contributed by atoms with Crippen LogP contribution in [-0.4, -0.2) is 81.5 Å². The van der Waals surface area contributed by atoms with Crippen LogP contribution in [0.25, 0.3) is 11.0 Å². The van der Waals surface area contributed by atoms with E-state index in [1.54, 1.807) is 26.2 Å². The Morgan fingerprint density at radius 1 is 1.16 bits per heavy atom. The second kappa shape index (κ2) is 14.6. The van der Waals surface area contributed by atoms with E-state index in [1.165, 1.54) is 40.6 Å². The zero-order chi connectivity index (χ0) is 31.8. The van der Waals surface area contributed by atoms with Gasteiger partial charge in [-0.1, -0.05) is 26.8 Å². The second-order valence-electron chi connectivity index (χ2n) is 11.0. The minimum atomic E-state index is -1.22. The fourth-order valence-corrected chi connectivity index (χ4v) is 4.29. The average Bonchev–Trinajstić information content (AvgIpc) is 3.38. The van der Waals surface area contributed by atoms with Crippen molar-refractivity contribution in [2.45, 2.75) is 59.1 Å². The number of allylic oxidation sites excluding steroid dienone is 1. The lowest BCUT2D eigenvalue weighted by atomic mass is 10.1. The molecule has 232 valence electrons. The molecule has 3 heterocycles. The number of imidazole rings is 1. The number of aromatic amines is 1. The summed E-state index contributed by atoms with van der Waals surface area (Å²) in [5.74, 6) is -0.814. The summed E-state index contributed by atoms with van der Waals surface area (Å²) in [6, 6.07) is 3.21. The maximum atomic E-state index is 14.6. The Balaban J connectivity index is 1.88. The maximum Gasteiger partial charge on any atom is 0.410 e. The topological polar surface area (TPSA) is 143 Å². The van der Waals surface area contributed by atoms with Gasteiger partial charge in [0, 0.05) is 33.9 Å². The lowest BCUT2D eigenvalue weighted by Gasteiger charge is -2.20. The summed E-state index contributed by atoms with van der Waals surface area (Å²) >= 11 is 0. The predicted molar refractivity (Wildman–Crippen MR) is 161 cm³/mol. The summed E-state index contributed by atoms with van der Waals surface area (Å²) in [4.78, 5) is 65.3. The number of H-pyrrole nitrogens is 1. The number of hydrogen-bond acceptors (Lipinski definition) is 7. The molecule has 3 rings (SSSR count). The molecule has 0 bridgehead atoms. The number of nitrogens with zero attached hydrogens (tertiary/aromatic N) is 5. The molecule has 0 aliphatic rings. The zero-order valence-corrected chi connectivity index (χ0v) is 25.7. The van der Waals surface area contributed by atoms with Crippen molar-refractivity contribution in [2.75, 3.05) is 33.5 Å². The standard InChI is InChI=1S/C30H40FN7O5/c1-8-19-13-14-21(33-28(40)23(43-30(42)37(6)7)11-9-10-12-25(39)36(4)5)29(41)38(19)17-24-34-26-20(31)16-32-22(15-18(2)3)27(26)35-24/h10,12-14,16,18,23H,8-9,11,15,17H2,1-7H3,(H,33,40)(H,34,35)/b12-10+/t23-/m0/s1. The largest absolute Gasteiger partial charge is 0.436 e. The molecule has 1 atom stereocenters. The Labute approximate surface area is 249 Å². The predicted octanol–water partition coefficient (Wildman–Crippen LogP) is 3.50. The summed E-state index contributed by atoms with van der Waals surface area (Å²) in [5, 5.41) is 2.60. The van der Waals surface area contributed by atoms with Gasteiger partial charge in [-0.25, -0.2) is 14.2 Å². The first-order valence-corrected chi connectivity index (χ1v) is 14.1. The molecule has 43 heavy (non-hydrogen) atoms. The highest BCUT2D eigenvalue weighted by Crippen LogP contribution is 2.21. The van der Waals surface area contributed by atoms with E-state index in [0.717, 1.165) is 6.20 Å². The van der Waals surface area contributed by atoms with Crippen molar-refractivity contribution in [3.8, 4) is 0 Å². The van der Waals surface area contributed by atoms with Crippen LogP contribution < -0.4 is 10.9 Å². The molecule has 3 aromatic rings. The number of amides is 3. The van der Waals surface area contributed by atoms with Gasteiger partial charge in [-0.15, -0.1) is 0 Å². The molecule has 3 aromatic heterocycles. The Kier molecular flexibility index (Phi) is 11.2. The van der Waals surface area contributed by atoms with Crippen LogP contribution in [0, 0.1) is 11.7 Å². The van der Waals surface area contributed by atoms with Crippen molar-refractivity contribution >= 4 is 34.6 Å². The minimum Gasteiger partial charge on any atom is -0.436 e. The van der Waals surface area contributed by atoms with E-state index >= 15 is 0 Å². The Bertz CT molecular complexity index is 1560. The highest BCUT2D eigenvalue weighted by atomic mass is 19.1. The molecule has 0 saturated carbocycles. The van der Waals surface area contributed by atoms with Crippen LogP contribution >= 0.6 is 0 Å². The van der Waals surface area contributed by atoms with Gasteiger partial charge in [0.25, 0.3) is 11.5 Å². The van der Waals surface area contributed by atoms with Crippen molar-refractivity contribution in [2.24, 2.45) is 5.92 Å². The number of halogens is 1. The number of pyridine rings is 2. The van der Waals surface area contributed by atoms with Crippen LogP contribution in [0.1, 0.15) is 50.8 Å². The van der Waals surface area contributed by atoms with Gasteiger partial charge in [0.2, 0.25) is 5.91 Å². The first kappa shape index (κ1) is 33.0. The molecule has 0 saturated heterocycles. The number of aromatic nitrogens is 4. The van der Waals surface area contributed by atoms with Crippen molar-refractivity contribution in [1.29, 1.82) is 0 Å². The quantitative estimate of drug-likeness (QED) is 0.304. The zero-order valence-electron chi connectivity index (χ0n) is 25.7. The Morgan fingerprint density at radius 2 is 1.88 bits per heavy atom. The number of rotatable bonds is 12. The monoisotopic (exact) mass is 597 g/mol. The van der Waals surface area contributed by atoms with E-state index in [9.17, 15) is 23.6 Å². The van der Waals surface area contributed by atoms with Crippen molar-refractivity contribution in [3.63, 3.8) is 0 Å². The fraction of sp³-hybridized carbons (Fsp3) is 0.467. The number of carbonyl (C=O) groups is 3. The van der Waals surface area contributed by atoms with E-state index in [1.807, 2.05) is 20.8 Å².